The molecule has 0 amide bonds. The van der Waals surface area contributed by atoms with Gasteiger partial charge in [0.15, 0.2) is 17.6 Å². The number of carbonyl (C=O) groups excluding carboxylic acids is 1. The minimum absolute atomic E-state index is 0.324. The van der Waals surface area contributed by atoms with Gasteiger partial charge in [-0.15, -0.1) is 0 Å². The lowest BCUT2D eigenvalue weighted by atomic mass is 9.95. The number of carbonyl (C=O) groups is 1. The molecule has 1 aliphatic rings. The van der Waals surface area contributed by atoms with Crippen LogP contribution in [0.2, 0.25) is 0 Å². The molecule has 1 aromatic heterocycles. The van der Waals surface area contributed by atoms with E-state index in [0.29, 0.717) is 45.2 Å². The van der Waals surface area contributed by atoms with Crippen molar-refractivity contribution >= 4 is 28.8 Å². The number of nitro groups is 1. The highest BCUT2D eigenvalue weighted by atomic mass is 32.2. The highest BCUT2D eigenvalue weighted by Gasteiger charge is 2.49. The lowest BCUT2D eigenvalue weighted by Crippen LogP contribution is -2.36. The van der Waals surface area contributed by atoms with Crippen LogP contribution in [0.1, 0.15) is 48.8 Å². The zero-order valence-corrected chi connectivity index (χ0v) is 23.4. The summed E-state index contributed by atoms with van der Waals surface area (Å²) < 4.78 is 18.6. The third-order valence-electron chi connectivity index (χ3n) is 6.61. The molecule has 0 spiro atoms. The molecule has 4 aromatic rings. The second-order valence-electron chi connectivity index (χ2n) is 10.5. The number of thioether (sulfide) groups is 1. The fourth-order valence-electron chi connectivity index (χ4n) is 4.87. The molecule has 9 nitrogen and oxygen atoms in total. The fraction of sp³-hybridized carbons (Fsp3) is 0.300. The van der Waals surface area contributed by atoms with Crippen LogP contribution in [-0.2, 0) is 11.3 Å². The number of fused-ring (bicyclic) bond motifs is 3. The van der Waals surface area contributed by atoms with E-state index in [9.17, 15) is 20.0 Å². The van der Waals surface area contributed by atoms with E-state index in [1.165, 1.54) is 11.7 Å². The van der Waals surface area contributed by atoms with Crippen molar-refractivity contribution in [1.82, 2.24) is 4.57 Å². The molecular formula is C30H30N2O7S. The molecule has 2 heterocycles. The molecule has 0 saturated heterocycles. The van der Waals surface area contributed by atoms with Gasteiger partial charge in [0.05, 0.1) is 17.7 Å². The zero-order valence-electron chi connectivity index (χ0n) is 22.6. The van der Waals surface area contributed by atoms with E-state index in [4.69, 9.17) is 14.2 Å². The molecule has 208 valence electrons. The first-order chi connectivity index (χ1) is 19.1. The van der Waals surface area contributed by atoms with E-state index in [-0.39, 0.29) is 0 Å². The standard InChI is InChI=1S/C30H30N2O7S/c1-30(2,3)39-29(34)31-21-13-9-8-12-20(21)24-26(33)25(32(35)36)27(40-28(24)31)19-14-15-22(23(16-19)37-4)38-17-18-10-6-5-7-11-18/h5-16,25-27,33H,17H2,1-4H3/t25-,26+,27+/m0/s1. The lowest BCUT2D eigenvalue weighted by molar-refractivity contribution is -0.536. The van der Waals surface area contributed by atoms with E-state index >= 15 is 0 Å². The predicted molar refractivity (Wildman–Crippen MR) is 152 cm³/mol. The van der Waals surface area contributed by atoms with Crippen LogP contribution in [-0.4, -0.2) is 39.4 Å². The zero-order chi connectivity index (χ0) is 28.6. The number of aromatic nitrogens is 1. The Hall–Kier alpha value is -4.02. The van der Waals surface area contributed by atoms with Crippen molar-refractivity contribution in [3.8, 4) is 11.5 Å². The topological polar surface area (TPSA) is 113 Å². The third-order valence-corrected chi connectivity index (χ3v) is 8.04. The van der Waals surface area contributed by atoms with Gasteiger partial charge in [0.25, 0.3) is 6.04 Å². The van der Waals surface area contributed by atoms with Crippen LogP contribution in [0.3, 0.4) is 0 Å². The summed E-state index contributed by atoms with van der Waals surface area (Å²) in [5.41, 5.74) is 1.63. The average molecular weight is 563 g/mol. The van der Waals surface area contributed by atoms with Gasteiger partial charge in [0.1, 0.15) is 17.5 Å². The van der Waals surface area contributed by atoms with Gasteiger partial charge in [-0.25, -0.2) is 9.36 Å². The number of aliphatic hydroxyl groups is 1. The Bertz CT molecular complexity index is 1560. The van der Waals surface area contributed by atoms with E-state index in [2.05, 4.69) is 0 Å². The third kappa shape index (κ3) is 5.24. The molecule has 0 fully saturated rings. The Kier molecular flexibility index (Phi) is 7.48. The van der Waals surface area contributed by atoms with Gasteiger partial charge in [-0.3, -0.25) is 10.1 Å². The van der Waals surface area contributed by atoms with Gasteiger partial charge in [-0.2, -0.15) is 0 Å². The molecule has 0 aliphatic carbocycles. The Morgan fingerprint density at radius 2 is 1.75 bits per heavy atom. The molecule has 5 rings (SSSR count). The SMILES string of the molecule is COc1cc([C@H]2Sc3c(c4ccccc4n3C(=O)OC(C)(C)C)[C@@H](O)[C@@H]2[N+](=O)[O-])ccc1OCc1ccccc1. The number of hydrogen-bond acceptors (Lipinski definition) is 8. The maximum atomic E-state index is 13.4. The first-order valence-electron chi connectivity index (χ1n) is 12.8. The van der Waals surface area contributed by atoms with Crippen molar-refractivity contribution in [3.05, 3.63) is 99.6 Å². The van der Waals surface area contributed by atoms with Crippen LogP contribution in [0.15, 0.2) is 77.8 Å². The molecule has 3 aromatic carbocycles. The van der Waals surface area contributed by atoms with E-state index in [0.717, 1.165) is 17.3 Å². The smallest absolute Gasteiger partial charge is 0.419 e. The Morgan fingerprint density at radius 1 is 1.05 bits per heavy atom. The maximum Gasteiger partial charge on any atom is 0.419 e. The molecule has 0 saturated carbocycles. The number of methoxy groups -OCH3 is 1. The van der Waals surface area contributed by atoms with Gasteiger partial charge in [-0.1, -0.05) is 66.4 Å². The minimum atomic E-state index is -1.47. The maximum absolute atomic E-state index is 13.4. The fourth-order valence-corrected chi connectivity index (χ4v) is 6.41. The van der Waals surface area contributed by atoms with Crippen molar-refractivity contribution in [1.29, 1.82) is 0 Å². The predicted octanol–water partition coefficient (Wildman–Crippen LogP) is 6.54. The van der Waals surface area contributed by atoms with Gasteiger partial charge >= 0.3 is 6.09 Å². The molecule has 0 unspecified atom stereocenters. The van der Waals surface area contributed by atoms with Gasteiger partial charge < -0.3 is 19.3 Å². The summed E-state index contributed by atoms with van der Waals surface area (Å²) in [6, 6.07) is 20.4. The van der Waals surface area contributed by atoms with Crippen molar-refractivity contribution in [3.63, 3.8) is 0 Å². The summed E-state index contributed by atoms with van der Waals surface area (Å²) in [4.78, 5) is 25.3. The number of para-hydroxylation sites is 1. The second kappa shape index (κ2) is 10.9. The highest BCUT2D eigenvalue weighted by Crippen LogP contribution is 2.54. The summed E-state index contributed by atoms with van der Waals surface area (Å²) >= 11 is 1.16. The van der Waals surface area contributed by atoms with Crippen molar-refractivity contribution in [2.75, 3.05) is 7.11 Å². The molecule has 1 aliphatic heterocycles. The average Bonchev–Trinajstić information content (AvgIpc) is 3.26. The van der Waals surface area contributed by atoms with Gasteiger partial charge in [0.2, 0.25) is 0 Å². The van der Waals surface area contributed by atoms with Crippen molar-refractivity contribution < 1.29 is 29.0 Å². The summed E-state index contributed by atoms with van der Waals surface area (Å²) in [7, 11) is 1.50. The summed E-state index contributed by atoms with van der Waals surface area (Å²) in [5, 5.41) is 24.0. The van der Waals surface area contributed by atoms with Crippen molar-refractivity contribution in [2.45, 2.75) is 55.4 Å². The molecule has 1 N–H and O–H groups in total. The molecule has 0 radical (unpaired) electrons. The summed E-state index contributed by atoms with van der Waals surface area (Å²) in [6.07, 6.45) is -2.09. The molecule has 3 atom stereocenters. The van der Waals surface area contributed by atoms with E-state index in [1.54, 1.807) is 63.2 Å². The Morgan fingerprint density at radius 3 is 2.42 bits per heavy atom. The van der Waals surface area contributed by atoms with E-state index in [1.807, 2.05) is 30.3 Å². The number of nitrogens with zero attached hydrogens (tertiary/aromatic N) is 2. The van der Waals surface area contributed by atoms with Crippen LogP contribution in [0, 0.1) is 10.1 Å². The summed E-state index contributed by atoms with van der Waals surface area (Å²) in [6.45, 7) is 5.63. The van der Waals surface area contributed by atoms with Crippen LogP contribution >= 0.6 is 11.8 Å². The number of benzene rings is 3. The minimum Gasteiger partial charge on any atom is -0.493 e. The molecule has 0 bridgehead atoms. The molecule has 10 heteroatoms. The molecule has 40 heavy (non-hydrogen) atoms. The number of hydrogen-bond donors (Lipinski definition) is 1. The number of ether oxygens (including phenoxy) is 3. The Labute approximate surface area is 235 Å². The first-order valence-corrected chi connectivity index (χ1v) is 13.7. The first kappa shape index (κ1) is 27.5. The molecular weight excluding hydrogens is 532 g/mol. The monoisotopic (exact) mass is 562 g/mol. The van der Waals surface area contributed by atoms with Crippen LogP contribution < -0.4 is 9.47 Å². The van der Waals surface area contributed by atoms with Crippen molar-refractivity contribution in [2.24, 2.45) is 0 Å². The van der Waals surface area contributed by atoms with E-state index < -0.39 is 34.0 Å². The van der Waals surface area contributed by atoms with Gasteiger partial charge in [0, 0.05) is 15.9 Å². The summed E-state index contributed by atoms with van der Waals surface area (Å²) in [5.74, 6) is 0.891. The second-order valence-corrected chi connectivity index (χ2v) is 11.6. The normalized spacial score (nSPS) is 18.7. The number of aliphatic hydroxyl groups excluding tert-OH is 1. The van der Waals surface area contributed by atoms with Crippen LogP contribution in [0.5, 0.6) is 11.5 Å². The number of rotatable bonds is 6. The van der Waals surface area contributed by atoms with Crippen LogP contribution in [0.25, 0.3) is 10.9 Å². The highest BCUT2D eigenvalue weighted by molar-refractivity contribution is 7.99. The van der Waals surface area contributed by atoms with Crippen LogP contribution in [0.4, 0.5) is 4.79 Å². The quantitative estimate of drug-likeness (QED) is 0.208. The van der Waals surface area contributed by atoms with Gasteiger partial charge in [-0.05, 0) is 50.1 Å². The lowest BCUT2D eigenvalue weighted by Gasteiger charge is -2.31. The Balaban J connectivity index is 1.57. The largest absolute Gasteiger partial charge is 0.493 e.